The average Bonchev–Trinajstić information content (AvgIpc) is 3.41. The summed E-state index contributed by atoms with van der Waals surface area (Å²) >= 11 is 1.09. The molecule has 3 aromatic carbocycles. The highest BCUT2D eigenvalue weighted by molar-refractivity contribution is 7.07. The molecule has 0 aliphatic carbocycles. The lowest BCUT2D eigenvalue weighted by molar-refractivity contribution is -0.138. The molecule has 7 nitrogen and oxygen atoms in total. The summed E-state index contributed by atoms with van der Waals surface area (Å²) in [5.41, 5.74) is 2.88. The molecule has 4 aromatic rings. The Morgan fingerprint density at radius 1 is 1.00 bits per heavy atom. The molecule has 0 spiro atoms. The molecule has 1 aromatic heterocycles. The van der Waals surface area contributed by atoms with E-state index < -0.39 is 23.4 Å². The predicted octanol–water partition coefficient (Wildman–Crippen LogP) is 3.42. The first-order chi connectivity index (χ1) is 18.9. The van der Waals surface area contributed by atoms with Crippen LogP contribution in [0, 0.1) is 5.82 Å². The molecule has 1 amide bonds. The Balaban J connectivity index is 1.72. The number of hydrogen-bond acceptors (Lipinski definition) is 6. The van der Waals surface area contributed by atoms with E-state index >= 15 is 0 Å². The van der Waals surface area contributed by atoms with Gasteiger partial charge in [0.15, 0.2) is 4.80 Å². The maximum absolute atomic E-state index is 14.2. The number of likely N-dealkylation sites (N-methyl/N-ethyl adjacent to an activating group) is 1. The van der Waals surface area contributed by atoms with Crippen LogP contribution < -0.4 is 19.8 Å². The second kappa shape index (κ2) is 9.59. The smallest absolute Gasteiger partial charge is 0.338 e. The van der Waals surface area contributed by atoms with Gasteiger partial charge in [0.2, 0.25) is 0 Å². The van der Waals surface area contributed by atoms with Crippen molar-refractivity contribution >= 4 is 40.2 Å². The van der Waals surface area contributed by atoms with E-state index in [2.05, 4.69) is 0 Å². The van der Waals surface area contributed by atoms with E-state index in [0.29, 0.717) is 32.9 Å². The van der Waals surface area contributed by atoms with Crippen molar-refractivity contribution < 1.29 is 18.7 Å². The van der Waals surface area contributed by atoms with Gasteiger partial charge in [-0.1, -0.05) is 72.0 Å². The highest BCUT2D eigenvalue weighted by Crippen LogP contribution is 2.36. The molecule has 2 aliphatic rings. The third-order valence-corrected chi connectivity index (χ3v) is 7.87. The topological polar surface area (TPSA) is 81.0 Å². The standard InChI is InChI=1S/C30H22FN3O4S/c1-3-38-29(37)23-24(17-9-5-4-6-10-17)32-30-34(25(23)18-13-15-19(31)16-14-18)28(36)26(39-30)22-20-11-7-8-12-21(20)33(2)27(22)35/h4-16,25H,3H2,1-2H3/b26-22-/t25-/m1/s1. The fourth-order valence-corrected chi connectivity index (χ4v) is 6.13. The lowest BCUT2D eigenvalue weighted by atomic mass is 9.93. The summed E-state index contributed by atoms with van der Waals surface area (Å²) in [6.45, 7) is 1.82. The van der Waals surface area contributed by atoms with Crippen molar-refractivity contribution in [2.75, 3.05) is 18.6 Å². The number of amides is 1. The number of benzene rings is 3. The fourth-order valence-electron chi connectivity index (χ4n) is 5.04. The number of esters is 1. The maximum Gasteiger partial charge on any atom is 0.338 e. The van der Waals surface area contributed by atoms with Crippen molar-refractivity contribution in [2.45, 2.75) is 13.0 Å². The van der Waals surface area contributed by atoms with Crippen molar-refractivity contribution in [1.82, 2.24) is 4.57 Å². The van der Waals surface area contributed by atoms with Crippen LogP contribution in [0.2, 0.25) is 0 Å². The molecule has 2 aliphatic heterocycles. The second-order valence-corrected chi connectivity index (χ2v) is 10.0. The number of thiazole rings is 1. The predicted molar refractivity (Wildman–Crippen MR) is 146 cm³/mol. The Labute approximate surface area is 226 Å². The minimum atomic E-state index is -0.949. The number of hydrogen-bond donors (Lipinski definition) is 0. The number of fused-ring (bicyclic) bond motifs is 2. The Morgan fingerprint density at radius 2 is 1.69 bits per heavy atom. The molecule has 0 radical (unpaired) electrons. The zero-order chi connectivity index (χ0) is 27.3. The summed E-state index contributed by atoms with van der Waals surface area (Å²) in [6.07, 6.45) is 0. The Bertz CT molecular complexity index is 1860. The zero-order valence-corrected chi connectivity index (χ0v) is 21.9. The number of anilines is 1. The van der Waals surface area contributed by atoms with Gasteiger partial charge in [-0.05, 0) is 30.7 Å². The summed E-state index contributed by atoms with van der Waals surface area (Å²) < 4.78 is 21.0. The average molecular weight is 540 g/mol. The van der Waals surface area contributed by atoms with Crippen molar-refractivity contribution in [3.05, 3.63) is 127 Å². The third kappa shape index (κ3) is 3.93. The molecule has 6 rings (SSSR count). The van der Waals surface area contributed by atoms with Gasteiger partial charge in [-0.25, -0.2) is 14.2 Å². The minimum Gasteiger partial charge on any atom is -0.463 e. The number of ether oxygens (including phenoxy) is 1. The number of halogens is 1. The van der Waals surface area contributed by atoms with E-state index in [-0.39, 0.29) is 28.2 Å². The molecule has 0 N–H and O–H groups in total. The number of rotatable bonds is 4. The molecule has 194 valence electrons. The molecule has 0 unspecified atom stereocenters. The van der Waals surface area contributed by atoms with Gasteiger partial charge in [0.05, 0.1) is 35.2 Å². The monoisotopic (exact) mass is 539 g/mol. The number of carbonyl (C=O) groups is 2. The van der Waals surface area contributed by atoms with E-state index in [4.69, 9.17) is 9.73 Å². The SMILES string of the molecule is CCOC(=O)C1=C(c2ccccc2)N=c2s/c(=C3\C(=O)N(C)c4ccccc43)c(=O)n2[C@@H]1c1ccc(F)cc1. The van der Waals surface area contributed by atoms with Crippen LogP contribution in [0.15, 0.2) is 94.2 Å². The lowest BCUT2D eigenvalue weighted by Gasteiger charge is -2.25. The summed E-state index contributed by atoms with van der Waals surface area (Å²) in [6, 6.07) is 21.1. The van der Waals surface area contributed by atoms with Crippen LogP contribution >= 0.6 is 11.3 Å². The van der Waals surface area contributed by atoms with Crippen molar-refractivity contribution in [2.24, 2.45) is 4.99 Å². The van der Waals surface area contributed by atoms with Gasteiger partial charge in [-0.3, -0.25) is 14.2 Å². The van der Waals surface area contributed by atoms with Gasteiger partial charge in [-0.15, -0.1) is 0 Å². The normalized spacial score (nSPS) is 17.6. The summed E-state index contributed by atoms with van der Waals surface area (Å²) in [5, 5.41) is 0. The number of aromatic nitrogens is 1. The van der Waals surface area contributed by atoms with E-state index in [0.717, 1.165) is 11.3 Å². The largest absolute Gasteiger partial charge is 0.463 e. The molecule has 0 fully saturated rings. The first kappa shape index (κ1) is 24.7. The molecule has 3 heterocycles. The molecule has 1 atom stereocenters. The zero-order valence-electron chi connectivity index (χ0n) is 21.1. The highest BCUT2D eigenvalue weighted by atomic mass is 32.1. The number of para-hydroxylation sites is 1. The van der Waals surface area contributed by atoms with E-state index in [1.54, 1.807) is 20.0 Å². The van der Waals surface area contributed by atoms with E-state index in [9.17, 15) is 18.8 Å². The van der Waals surface area contributed by atoms with Crippen molar-refractivity contribution in [3.63, 3.8) is 0 Å². The van der Waals surface area contributed by atoms with Gasteiger partial charge in [0, 0.05) is 18.2 Å². The molecule has 0 bridgehead atoms. The van der Waals surface area contributed by atoms with Gasteiger partial charge in [0.25, 0.3) is 11.5 Å². The van der Waals surface area contributed by atoms with Crippen molar-refractivity contribution in [3.8, 4) is 0 Å². The molecular formula is C30H22FN3O4S. The van der Waals surface area contributed by atoms with Crippen LogP contribution in [0.1, 0.15) is 29.7 Å². The number of nitrogens with zero attached hydrogens (tertiary/aromatic N) is 3. The van der Waals surface area contributed by atoms with Crippen LogP contribution in [0.5, 0.6) is 0 Å². The highest BCUT2D eigenvalue weighted by Gasteiger charge is 2.37. The first-order valence-corrected chi connectivity index (χ1v) is 13.2. The first-order valence-electron chi connectivity index (χ1n) is 12.3. The summed E-state index contributed by atoms with van der Waals surface area (Å²) in [7, 11) is 1.67. The lowest BCUT2D eigenvalue weighted by Crippen LogP contribution is -2.40. The summed E-state index contributed by atoms with van der Waals surface area (Å²) in [5.74, 6) is -1.38. The number of carbonyl (C=O) groups excluding carboxylic acids is 2. The van der Waals surface area contributed by atoms with Gasteiger partial charge >= 0.3 is 5.97 Å². The molecule has 0 saturated heterocycles. The van der Waals surface area contributed by atoms with Crippen LogP contribution in [0.3, 0.4) is 0 Å². The van der Waals surface area contributed by atoms with Gasteiger partial charge in [0.1, 0.15) is 10.3 Å². The maximum atomic E-state index is 14.2. The van der Waals surface area contributed by atoms with Gasteiger partial charge in [-0.2, -0.15) is 0 Å². The molecule has 9 heteroatoms. The third-order valence-electron chi connectivity index (χ3n) is 6.82. The van der Waals surface area contributed by atoms with E-state index in [1.165, 1.54) is 33.7 Å². The Hall–Kier alpha value is -4.63. The van der Waals surface area contributed by atoms with Crippen LogP contribution in [0.4, 0.5) is 10.1 Å². The van der Waals surface area contributed by atoms with E-state index in [1.807, 2.05) is 48.5 Å². The molecular weight excluding hydrogens is 517 g/mol. The fraction of sp³-hybridized carbons (Fsp3) is 0.133. The Kier molecular flexibility index (Phi) is 6.07. The van der Waals surface area contributed by atoms with Crippen molar-refractivity contribution in [1.29, 1.82) is 0 Å². The van der Waals surface area contributed by atoms with Crippen LogP contribution in [-0.4, -0.2) is 30.1 Å². The second-order valence-electron chi connectivity index (χ2n) is 9.06. The van der Waals surface area contributed by atoms with Crippen LogP contribution in [0.25, 0.3) is 11.3 Å². The minimum absolute atomic E-state index is 0.118. The van der Waals surface area contributed by atoms with Crippen LogP contribution in [-0.2, 0) is 14.3 Å². The Morgan fingerprint density at radius 3 is 2.41 bits per heavy atom. The van der Waals surface area contributed by atoms with Gasteiger partial charge < -0.3 is 9.64 Å². The molecule has 0 saturated carbocycles. The molecule has 39 heavy (non-hydrogen) atoms. The quantitative estimate of drug-likeness (QED) is 0.373. The summed E-state index contributed by atoms with van der Waals surface area (Å²) in [4.78, 5) is 47.6.